The van der Waals surface area contributed by atoms with Gasteiger partial charge in [0.15, 0.2) is 0 Å². The molecule has 2 saturated heterocycles. The van der Waals surface area contributed by atoms with Crippen LogP contribution in [0.25, 0.3) is 10.8 Å². The molecule has 0 bridgehead atoms. The number of hydrogen-bond acceptors (Lipinski definition) is 3. The quantitative estimate of drug-likeness (QED) is 0.881. The second-order valence-corrected chi connectivity index (χ2v) is 6.86. The molecule has 2 N–H and O–H groups in total. The van der Waals surface area contributed by atoms with Crippen molar-refractivity contribution in [1.29, 1.82) is 0 Å². The normalized spacial score (nSPS) is 25.6. The molecule has 4 rings (SSSR count). The molecule has 0 aliphatic carbocycles. The summed E-state index contributed by atoms with van der Waals surface area (Å²) in [6.07, 6.45) is 0.451. The predicted molar refractivity (Wildman–Crippen MR) is 93.5 cm³/mol. The van der Waals surface area contributed by atoms with Crippen LogP contribution in [0.2, 0.25) is 0 Å². The van der Waals surface area contributed by atoms with Gasteiger partial charge in [-0.1, -0.05) is 30.3 Å². The molecule has 6 heteroatoms. The molecule has 2 fully saturated rings. The zero-order valence-electron chi connectivity index (χ0n) is 13.8. The number of carbonyl (C=O) groups is 2. The van der Waals surface area contributed by atoms with Crippen LogP contribution in [-0.4, -0.2) is 48.3 Å². The molecule has 0 radical (unpaired) electrons. The Morgan fingerprint density at radius 1 is 1.20 bits per heavy atom. The number of anilines is 1. The second-order valence-electron chi connectivity index (χ2n) is 6.86. The minimum Gasteiger partial charge on any atom is -0.481 e. The molecule has 2 atom stereocenters. The topological polar surface area (TPSA) is 78.9 Å². The van der Waals surface area contributed by atoms with E-state index in [2.05, 4.69) is 5.32 Å². The summed E-state index contributed by atoms with van der Waals surface area (Å²) < 4.78 is 5.43. The van der Waals surface area contributed by atoms with Crippen LogP contribution in [0.15, 0.2) is 42.5 Å². The molecule has 2 aliphatic rings. The van der Waals surface area contributed by atoms with Crippen molar-refractivity contribution < 1.29 is 19.4 Å². The van der Waals surface area contributed by atoms with Crippen molar-refractivity contribution in [2.45, 2.75) is 6.42 Å². The molecule has 0 aromatic heterocycles. The molecule has 25 heavy (non-hydrogen) atoms. The number of benzene rings is 2. The van der Waals surface area contributed by atoms with E-state index in [9.17, 15) is 14.7 Å². The Balaban J connectivity index is 1.52. The van der Waals surface area contributed by atoms with Gasteiger partial charge in [0.05, 0.1) is 12.0 Å². The van der Waals surface area contributed by atoms with Crippen LogP contribution in [0.3, 0.4) is 0 Å². The number of carboxylic acids is 1. The molecule has 2 amide bonds. The molecule has 0 spiro atoms. The van der Waals surface area contributed by atoms with Gasteiger partial charge in [-0.05, 0) is 29.3 Å². The van der Waals surface area contributed by atoms with Gasteiger partial charge in [0.2, 0.25) is 0 Å². The molecule has 2 aliphatic heterocycles. The zero-order valence-corrected chi connectivity index (χ0v) is 13.8. The van der Waals surface area contributed by atoms with Gasteiger partial charge < -0.3 is 20.1 Å². The molecule has 0 unspecified atom stereocenters. The highest BCUT2D eigenvalue weighted by molar-refractivity contribution is 5.94. The van der Waals surface area contributed by atoms with Crippen LogP contribution < -0.4 is 5.32 Å². The van der Waals surface area contributed by atoms with E-state index < -0.39 is 11.4 Å². The first-order chi connectivity index (χ1) is 12.1. The molecule has 2 aromatic carbocycles. The maximum atomic E-state index is 12.6. The van der Waals surface area contributed by atoms with Crippen LogP contribution >= 0.6 is 0 Å². The van der Waals surface area contributed by atoms with Crippen LogP contribution in [-0.2, 0) is 9.53 Å². The van der Waals surface area contributed by atoms with Crippen LogP contribution in [0.5, 0.6) is 0 Å². The lowest BCUT2D eigenvalue weighted by molar-refractivity contribution is -0.157. The average molecular weight is 340 g/mol. The summed E-state index contributed by atoms with van der Waals surface area (Å²) in [5, 5.41) is 14.7. The number of rotatable bonds is 2. The van der Waals surface area contributed by atoms with Gasteiger partial charge >= 0.3 is 12.0 Å². The van der Waals surface area contributed by atoms with Crippen molar-refractivity contribution in [2.75, 3.05) is 31.6 Å². The summed E-state index contributed by atoms with van der Waals surface area (Å²) in [4.78, 5) is 26.1. The number of amides is 2. The fraction of sp³-hybridized carbons (Fsp3) is 0.368. The Hall–Kier alpha value is -2.60. The smallest absolute Gasteiger partial charge is 0.321 e. The molecule has 2 aromatic rings. The third kappa shape index (κ3) is 2.72. The van der Waals surface area contributed by atoms with E-state index in [1.165, 1.54) is 0 Å². The van der Waals surface area contributed by atoms with Crippen molar-refractivity contribution in [3.05, 3.63) is 42.5 Å². The van der Waals surface area contributed by atoms with Crippen molar-refractivity contribution >= 4 is 28.5 Å². The Morgan fingerprint density at radius 3 is 2.76 bits per heavy atom. The Labute approximate surface area is 145 Å². The highest BCUT2D eigenvalue weighted by atomic mass is 16.5. The van der Waals surface area contributed by atoms with E-state index in [1.54, 1.807) is 4.90 Å². The number of likely N-dealkylation sites (tertiary alicyclic amines) is 1. The monoisotopic (exact) mass is 340 g/mol. The van der Waals surface area contributed by atoms with Crippen LogP contribution in [0.4, 0.5) is 10.5 Å². The highest BCUT2D eigenvalue weighted by Crippen LogP contribution is 2.42. The molecular formula is C19H20N2O4. The number of nitrogens with one attached hydrogen (secondary N) is 1. The van der Waals surface area contributed by atoms with E-state index >= 15 is 0 Å². The maximum absolute atomic E-state index is 12.6. The SMILES string of the molecule is O=C(Nc1ccc2ccccc2c1)N1C[C@@H]2COCC[C@]2(C(=O)O)C1. The molecule has 130 valence electrons. The van der Waals surface area contributed by atoms with Gasteiger partial charge in [-0.2, -0.15) is 0 Å². The predicted octanol–water partition coefficient (Wildman–Crippen LogP) is 2.79. The van der Waals surface area contributed by atoms with E-state index in [-0.39, 0.29) is 18.5 Å². The Kier molecular flexibility index (Phi) is 3.84. The Bertz CT molecular complexity index is 837. The number of hydrogen-bond donors (Lipinski definition) is 2. The average Bonchev–Trinajstić information content (AvgIpc) is 3.03. The minimum atomic E-state index is -0.876. The van der Waals surface area contributed by atoms with Crippen LogP contribution in [0.1, 0.15) is 6.42 Å². The lowest BCUT2D eigenvalue weighted by Crippen LogP contribution is -2.45. The molecule has 0 saturated carbocycles. The summed E-state index contributed by atoms with van der Waals surface area (Å²) in [6.45, 7) is 1.47. The first-order valence-corrected chi connectivity index (χ1v) is 8.44. The van der Waals surface area contributed by atoms with Crippen molar-refractivity contribution in [3.63, 3.8) is 0 Å². The lowest BCUT2D eigenvalue weighted by atomic mass is 9.74. The fourth-order valence-electron chi connectivity index (χ4n) is 3.92. The van der Waals surface area contributed by atoms with Gasteiger partial charge in [-0.15, -0.1) is 0 Å². The number of carboxylic acid groups (broad SMARTS) is 1. The number of carbonyl (C=O) groups excluding carboxylic acids is 1. The number of ether oxygens (including phenoxy) is 1. The highest BCUT2D eigenvalue weighted by Gasteiger charge is 2.54. The van der Waals surface area contributed by atoms with E-state index in [1.807, 2.05) is 42.5 Å². The summed E-state index contributed by atoms with van der Waals surface area (Å²) in [6, 6.07) is 13.4. The Morgan fingerprint density at radius 2 is 2.00 bits per heavy atom. The summed E-state index contributed by atoms with van der Waals surface area (Å²) in [5.74, 6) is -0.983. The summed E-state index contributed by atoms with van der Waals surface area (Å²) >= 11 is 0. The maximum Gasteiger partial charge on any atom is 0.321 e. The fourth-order valence-corrected chi connectivity index (χ4v) is 3.92. The molecule has 6 nitrogen and oxygen atoms in total. The minimum absolute atomic E-state index is 0.152. The van der Waals surface area contributed by atoms with E-state index in [0.717, 1.165) is 10.8 Å². The standard InChI is InChI=1S/C19H20N2O4/c22-17(23)19-7-8-25-11-15(19)10-21(12-19)18(24)20-16-6-5-13-3-1-2-4-14(13)9-16/h1-6,9,15H,7-8,10-12H2,(H,20,24)(H,22,23)/t15-,19+/m1/s1. The first kappa shape index (κ1) is 15.9. The van der Waals surface area contributed by atoms with Gasteiger partial charge in [0.25, 0.3) is 0 Å². The summed E-state index contributed by atoms with van der Waals surface area (Å²) in [7, 11) is 0. The number of fused-ring (bicyclic) bond motifs is 2. The molecule has 2 heterocycles. The van der Waals surface area contributed by atoms with E-state index in [0.29, 0.717) is 31.9 Å². The van der Waals surface area contributed by atoms with Crippen LogP contribution in [0, 0.1) is 11.3 Å². The van der Waals surface area contributed by atoms with Gasteiger partial charge in [-0.25, -0.2) is 4.79 Å². The van der Waals surface area contributed by atoms with E-state index in [4.69, 9.17) is 4.74 Å². The van der Waals surface area contributed by atoms with Crippen molar-refractivity contribution in [1.82, 2.24) is 4.90 Å². The number of urea groups is 1. The largest absolute Gasteiger partial charge is 0.481 e. The van der Waals surface area contributed by atoms with Gasteiger partial charge in [0, 0.05) is 31.3 Å². The zero-order chi connectivity index (χ0) is 17.4. The van der Waals surface area contributed by atoms with Gasteiger partial charge in [0.1, 0.15) is 0 Å². The number of nitrogens with zero attached hydrogens (tertiary/aromatic N) is 1. The third-order valence-corrected chi connectivity index (χ3v) is 5.42. The first-order valence-electron chi connectivity index (χ1n) is 8.44. The van der Waals surface area contributed by atoms with Crippen molar-refractivity contribution in [2.24, 2.45) is 11.3 Å². The van der Waals surface area contributed by atoms with Crippen molar-refractivity contribution in [3.8, 4) is 0 Å². The third-order valence-electron chi connectivity index (χ3n) is 5.42. The lowest BCUT2D eigenvalue weighted by Gasteiger charge is -2.33. The van der Waals surface area contributed by atoms with Gasteiger partial charge in [-0.3, -0.25) is 4.79 Å². The number of aliphatic carboxylic acids is 1. The second kappa shape index (κ2) is 6.04. The molecular weight excluding hydrogens is 320 g/mol. The summed E-state index contributed by atoms with van der Waals surface area (Å²) in [5.41, 5.74) is -0.168.